The summed E-state index contributed by atoms with van der Waals surface area (Å²) in [6.07, 6.45) is 1.02. The average molecular weight is 357 g/mol. The smallest absolute Gasteiger partial charge is 0.161 e. The van der Waals surface area contributed by atoms with Gasteiger partial charge >= 0.3 is 0 Å². The van der Waals surface area contributed by atoms with Gasteiger partial charge in [-0.3, -0.25) is 4.90 Å². The first-order valence-corrected chi connectivity index (χ1v) is 9.46. The topological polar surface area (TPSA) is 21.7 Å². The average Bonchev–Trinajstić information content (AvgIpc) is 3.07. The van der Waals surface area contributed by atoms with Crippen molar-refractivity contribution < 1.29 is 9.47 Å². The molecule has 0 fully saturated rings. The fourth-order valence-electron chi connectivity index (χ4n) is 4.65. The summed E-state index contributed by atoms with van der Waals surface area (Å²) in [5.41, 5.74) is 8.28. The molecule has 1 aliphatic carbocycles. The zero-order chi connectivity index (χ0) is 18.4. The molecule has 0 amide bonds. The lowest BCUT2D eigenvalue weighted by atomic mass is 9.95. The van der Waals surface area contributed by atoms with Crippen LogP contribution in [0.5, 0.6) is 11.5 Å². The van der Waals surface area contributed by atoms with E-state index >= 15 is 0 Å². The zero-order valence-corrected chi connectivity index (χ0v) is 15.7. The van der Waals surface area contributed by atoms with Crippen LogP contribution in [0.15, 0.2) is 60.7 Å². The molecule has 0 bridgehead atoms. The molecule has 1 aliphatic heterocycles. The molecule has 3 aromatic rings. The molecule has 0 unspecified atom stereocenters. The third-order valence-corrected chi connectivity index (χ3v) is 5.91. The van der Waals surface area contributed by atoms with E-state index in [0.29, 0.717) is 6.04 Å². The minimum absolute atomic E-state index is 0.318. The number of ether oxygens (including phenoxy) is 2. The highest BCUT2D eigenvalue weighted by Gasteiger charge is 2.34. The van der Waals surface area contributed by atoms with Crippen molar-refractivity contribution in [1.82, 2.24) is 4.90 Å². The van der Waals surface area contributed by atoms with E-state index in [9.17, 15) is 0 Å². The summed E-state index contributed by atoms with van der Waals surface area (Å²) in [5.74, 6) is 1.63. The highest BCUT2D eigenvalue weighted by molar-refractivity contribution is 5.78. The molecule has 0 atom stereocenters. The fraction of sp³-hybridized carbons (Fsp3) is 0.250. The molecule has 0 aromatic heterocycles. The molecule has 3 nitrogen and oxygen atoms in total. The van der Waals surface area contributed by atoms with E-state index in [4.69, 9.17) is 9.47 Å². The lowest BCUT2D eigenvalue weighted by molar-refractivity contribution is 0.208. The molecule has 0 N–H and O–H groups in total. The fourth-order valence-corrected chi connectivity index (χ4v) is 4.65. The maximum Gasteiger partial charge on any atom is 0.161 e. The predicted molar refractivity (Wildman–Crippen MR) is 107 cm³/mol. The van der Waals surface area contributed by atoms with Gasteiger partial charge in [0.15, 0.2) is 11.5 Å². The van der Waals surface area contributed by atoms with Gasteiger partial charge in [0.2, 0.25) is 0 Å². The number of nitrogens with zero attached hydrogens (tertiary/aromatic N) is 1. The Balaban J connectivity index is 1.56. The van der Waals surface area contributed by atoms with Gasteiger partial charge < -0.3 is 9.47 Å². The van der Waals surface area contributed by atoms with Crippen LogP contribution in [0.25, 0.3) is 11.1 Å². The van der Waals surface area contributed by atoms with E-state index in [0.717, 1.165) is 31.0 Å². The van der Waals surface area contributed by atoms with E-state index in [1.807, 2.05) is 0 Å². The Morgan fingerprint density at radius 3 is 1.93 bits per heavy atom. The van der Waals surface area contributed by atoms with Crippen molar-refractivity contribution in [2.24, 2.45) is 0 Å². The second kappa shape index (κ2) is 6.43. The Morgan fingerprint density at radius 2 is 1.33 bits per heavy atom. The van der Waals surface area contributed by atoms with Crippen LogP contribution in [-0.2, 0) is 13.0 Å². The molecule has 3 aromatic carbocycles. The minimum Gasteiger partial charge on any atom is -0.493 e. The van der Waals surface area contributed by atoms with Crippen molar-refractivity contribution >= 4 is 0 Å². The van der Waals surface area contributed by atoms with Crippen molar-refractivity contribution in [2.75, 3.05) is 20.8 Å². The quantitative estimate of drug-likeness (QED) is 0.670. The highest BCUT2D eigenvalue weighted by Crippen LogP contribution is 2.47. The minimum atomic E-state index is 0.318. The van der Waals surface area contributed by atoms with Gasteiger partial charge in [-0.05, 0) is 51.9 Å². The summed E-state index contributed by atoms with van der Waals surface area (Å²) in [4.78, 5) is 2.60. The van der Waals surface area contributed by atoms with E-state index < -0.39 is 0 Å². The predicted octanol–water partition coefficient (Wildman–Crippen LogP) is 4.83. The molecule has 3 heteroatoms. The number of hydrogen-bond acceptors (Lipinski definition) is 3. The van der Waals surface area contributed by atoms with Crippen molar-refractivity contribution in [3.63, 3.8) is 0 Å². The molecule has 0 saturated carbocycles. The monoisotopic (exact) mass is 357 g/mol. The number of benzene rings is 3. The first kappa shape index (κ1) is 16.4. The van der Waals surface area contributed by atoms with E-state index in [2.05, 4.69) is 65.6 Å². The molecule has 1 heterocycles. The van der Waals surface area contributed by atoms with Gasteiger partial charge in [-0.2, -0.15) is 0 Å². The van der Waals surface area contributed by atoms with Crippen LogP contribution in [0.2, 0.25) is 0 Å². The van der Waals surface area contributed by atoms with Crippen LogP contribution in [0.3, 0.4) is 0 Å². The third kappa shape index (κ3) is 2.54. The summed E-state index contributed by atoms with van der Waals surface area (Å²) in [6.45, 7) is 1.96. The largest absolute Gasteiger partial charge is 0.493 e. The maximum atomic E-state index is 5.53. The molecule has 136 valence electrons. The van der Waals surface area contributed by atoms with Crippen molar-refractivity contribution in [1.29, 1.82) is 0 Å². The molecule has 5 rings (SSSR count). The Kier molecular flexibility index (Phi) is 3.91. The normalized spacial score (nSPS) is 15.8. The van der Waals surface area contributed by atoms with Crippen molar-refractivity contribution in [3.8, 4) is 22.6 Å². The standard InChI is InChI=1S/C24H23NO2/c1-26-22-13-16-11-12-25(15-17(16)14-23(22)27-2)24-20-9-5-3-7-18(20)19-8-4-6-10-21(19)24/h3-10,13-14,24H,11-12,15H2,1-2H3. The lowest BCUT2D eigenvalue weighted by Gasteiger charge is -2.35. The van der Waals surface area contributed by atoms with Crippen LogP contribution in [0, 0.1) is 0 Å². The van der Waals surface area contributed by atoms with Gasteiger partial charge in [0.1, 0.15) is 0 Å². The lowest BCUT2D eigenvalue weighted by Crippen LogP contribution is -2.34. The van der Waals surface area contributed by atoms with Crippen molar-refractivity contribution in [3.05, 3.63) is 82.9 Å². The Labute approximate surface area is 160 Å². The molecule has 0 saturated heterocycles. The number of hydrogen-bond donors (Lipinski definition) is 0. The zero-order valence-electron chi connectivity index (χ0n) is 15.7. The van der Waals surface area contributed by atoms with E-state index in [1.165, 1.54) is 33.4 Å². The summed E-state index contributed by atoms with van der Waals surface area (Å²) in [5, 5.41) is 0. The van der Waals surface area contributed by atoms with E-state index in [1.54, 1.807) is 14.2 Å². The van der Waals surface area contributed by atoms with Crippen LogP contribution in [-0.4, -0.2) is 25.7 Å². The van der Waals surface area contributed by atoms with Gasteiger partial charge in [-0.15, -0.1) is 0 Å². The second-order valence-electron chi connectivity index (χ2n) is 7.27. The van der Waals surface area contributed by atoms with Gasteiger partial charge in [0.05, 0.1) is 20.3 Å². The maximum absolute atomic E-state index is 5.53. The van der Waals surface area contributed by atoms with Gasteiger partial charge in [0, 0.05) is 13.1 Å². The van der Waals surface area contributed by atoms with Gasteiger partial charge in [0.25, 0.3) is 0 Å². The molecule has 2 aliphatic rings. The summed E-state index contributed by atoms with van der Waals surface area (Å²) >= 11 is 0. The van der Waals surface area contributed by atoms with E-state index in [-0.39, 0.29) is 0 Å². The summed E-state index contributed by atoms with van der Waals surface area (Å²) in [6, 6.07) is 22.3. The Morgan fingerprint density at radius 1 is 0.778 bits per heavy atom. The van der Waals surface area contributed by atoms with Gasteiger partial charge in [-0.1, -0.05) is 48.5 Å². The second-order valence-corrected chi connectivity index (χ2v) is 7.27. The number of methoxy groups -OCH3 is 2. The Hall–Kier alpha value is -2.78. The molecular formula is C24H23NO2. The number of fused-ring (bicyclic) bond motifs is 4. The van der Waals surface area contributed by atoms with Crippen molar-refractivity contribution in [2.45, 2.75) is 19.0 Å². The number of rotatable bonds is 3. The van der Waals surface area contributed by atoms with Crippen LogP contribution >= 0.6 is 0 Å². The third-order valence-electron chi connectivity index (χ3n) is 5.91. The summed E-state index contributed by atoms with van der Waals surface area (Å²) in [7, 11) is 3.40. The molecule has 0 radical (unpaired) electrons. The van der Waals surface area contributed by atoms with Crippen LogP contribution < -0.4 is 9.47 Å². The molecular weight excluding hydrogens is 334 g/mol. The summed E-state index contributed by atoms with van der Waals surface area (Å²) < 4.78 is 11.0. The first-order valence-electron chi connectivity index (χ1n) is 9.46. The SMILES string of the molecule is COc1cc2c(cc1OC)CN(C1c3ccccc3-c3ccccc31)CC2. The van der Waals surface area contributed by atoms with Gasteiger partial charge in [-0.25, -0.2) is 0 Å². The van der Waals surface area contributed by atoms with Crippen LogP contribution in [0.4, 0.5) is 0 Å². The highest BCUT2D eigenvalue weighted by atomic mass is 16.5. The molecule has 0 spiro atoms. The van der Waals surface area contributed by atoms with Crippen LogP contribution in [0.1, 0.15) is 28.3 Å². The first-order chi connectivity index (χ1) is 13.3. The molecule has 27 heavy (non-hydrogen) atoms. The Bertz CT molecular complexity index is 966.